The fourth-order valence-corrected chi connectivity index (χ4v) is 6.37. The number of alkyl halides is 1. The molecule has 0 fully saturated rings. The Hall–Kier alpha value is -0.712. The Morgan fingerprint density at radius 3 is 1.47 bits per heavy atom. The molecule has 0 saturated carbocycles. The Morgan fingerprint density at radius 2 is 1.13 bits per heavy atom. The van der Waals surface area contributed by atoms with Crippen molar-refractivity contribution in [2.45, 2.75) is 0 Å². The fourth-order valence-electron chi connectivity index (χ4n) is 1.50. The van der Waals surface area contributed by atoms with E-state index in [4.69, 9.17) is 11.6 Å². The molecule has 76 valence electrons. The zero-order valence-corrected chi connectivity index (χ0v) is 10.9. The van der Waals surface area contributed by atoms with Crippen molar-refractivity contribution in [3.05, 3.63) is 60.7 Å². The summed E-state index contributed by atoms with van der Waals surface area (Å²) in [5.74, 6) is 0. The molecule has 0 unspecified atom stereocenters. The summed E-state index contributed by atoms with van der Waals surface area (Å²) in [6.07, 6.45) is 0. The second-order valence-electron chi connectivity index (χ2n) is 3.22. The standard InChI is InChI=1S/C13H12AsCl/c15-11-14(12-7-3-1-4-8-12)13-9-5-2-6-10-13/h1-10H,11H2. The number of hydrogen-bond donors (Lipinski definition) is 0. The van der Waals surface area contributed by atoms with E-state index in [0.29, 0.717) is 0 Å². The van der Waals surface area contributed by atoms with E-state index in [2.05, 4.69) is 60.7 Å². The van der Waals surface area contributed by atoms with Gasteiger partial charge >= 0.3 is 100 Å². The Morgan fingerprint density at radius 1 is 0.733 bits per heavy atom. The zero-order chi connectivity index (χ0) is 10.5. The molecule has 0 heterocycles. The van der Waals surface area contributed by atoms with E-state index in [9.17, 15) is 0 Å². The van der Waals surface area contributed by atoms with Crippen LogP contribution in [0, 0.1) is 0 Å². The molecule has 15 heavy (non-hydrogen) atoms. The number of benzene rings is 2. The number of rotatable bonds is 3. The molecule has 0 aliphatic carbocycles. The molecule has 2 heteroatoms. The molecule has 2 rings (SSSR count). The molecule has 0 aromatic heterocycles. The van der Waals surface area contributed by atoms with Gasteiger partial charge in [-0.3, -0.25) is 0 Å². The molecule has 0 atom stereocenters. The third-order valence-corrected chi connectivity index (χ3v) is 7.87. The summed E-state index contributed by atoms with van der Waals surface area (Å²) in [7, 11) is 0. The molecular formula is C13H12AsCl. The van der Waals surface area contributed by atoms with Crippen LogP contribution >= 0.6 is 11.6 Å². The third kappa shape index (κ3) is 2.65. The first-order chi connectivity index (χ1) is 7.42. The van der Waals surface area contributed by atoms with Crippen LogP contribution in [-0.2, 0) is 0 Å². The predicted octanol–water partition coefficient (Wildman–Crippen LogP) is 2.07. The van der Waals surface area contributed by atoms with Crippen molar-refractivity contribution < 1.29 is 0 Å². The first-order valence-corrected chi connectivity index (χ1v) is 8.59. The Bertz CT molecular complexity index is 360. The molecule has 0 N–H and O–H groups in total. The molecule has 0 saturated heterocycles. The van der Waals surface area contributed by atoms with Crippen molar-refractivity contribution in [3.63, 3.8) is 0 Å². The first kappa shape index (κ1) is 10.8. The van der Waals surface area contributed by atoms with Crippen LogP contribution in [-0.4, -0.2) is 19.3 Å². The Balaban J connectivity index is 2.34. The van der Waals surface area contributed by atoms with E-state index >= 15 is 0 Å². The number of halogens is 1. The van der Waals surface area contributed by atoms with Gasteiger partial charge in [-0.2, -0.15) is 0 Å². The molecule has 0 amide bonds. The summed E-state index contributed by atoms with van der Waals surface area (Å²) in [6.45, 7) is 0. The molecule has 2 aromatic carbocycles. The van der Waals surface area contributed by atoms with Crippen LogP contribution in [0.25, 0.3) is 0 Å². The number of hydrogen-bond acceptors (Lipinski definition) is 0. The summed E-state index contributed by atoms with van der Waals surface area (Å²) < 4.78 is 3.61. The van der Waals surface area contributed by atoms with E-state index in [1.165, 1.54) is 8.70 Å². The molecule has 0 radical (unpaired) electrons. The quantitative estimate of drug-likeness (QED) is 0.596. The third-order valence-electron chi connectivity index (χ3n) is 2.26. The van der Waals surface area contributed by atoms with Crippen LogP contribution in [0.15, 0.2) is 60.7 Å². The average molecular weight is 279 g/mol. The van der Waals surface area contributed by atoms with E-state index in [0.717, 1.165) is 4.67 Å². The van der Waals surface area contributed by atoms with Gasteiger partial charge in [-0.05, 0) is 0 Å². The van der Waals surface area contributed by atoms with Crippen molar-refractivity contribution in [2.75, 3.05) is 4.67 Å². The monoisotopic (exact) mass is 278 g/mol. The van der Waals surface area contributed by atoms with Gasteiger partial charge in [0, 0.05) is 0 Å². The molecule has 2 aromatic rings. The zero-order valence-electron chi connectivity index (χ0n) is 8.31. The topological polar surface area (TPSA) is 0 Å². The summed E-state index contributed by atoms with van der Waals surface area (Å²) in [6, 6.07) is 21.2. The van der Waals surface area contributed by atoms with Crippen molar-refractivity contribution in [2.24, 2.45) is 0 Å². The van der Waals surface area contributed by atoms with Gasteiger partial charge in [0.2, 0.25) is 0 Å². The second kappa shape index (κ2) is 5.39. The van der Waals surface area contributed by atoms with Gasteiger partial charge in [-0.25, -0.2) is 0 Å². The van der Waals surface area contributed by atoms with Gasteiger partial charge in [0.15, 0.2) is 0 Å². The fraction of sp³-hybridized carbons (Fsp3) is 0.0769. The van der Waals surface area contributed by atoms with Gasteiger partial charge in [-0.15, -0.1) is 0 Å². The molecule has 0 spiro atoms. The average Bonchev–Trinajstić information content (AvgIpc) is 2.33. The first-order valence-electron chi connectivity index (χ1n) is 4.85. The van der Waals surface area contributed by atoms with Crippen LogP contribution in [0.3, 0.4) is 0 Å². The molecule has 0 nitrogen and oxygen atoms in total. The molecular weight excluding hydrogens is 267 g/mol. The van der Waals surface area contributed by atoms with Crippen LogP contribution in [0.5, 0.6) is 0 Å². The summed E-state index contributed by atoms with van der Waals surface area (Å²) >= 11 is 4.86. The second-order valence-corrected chi connectivity index (χ2v) is 8.93. The van der Waals surface area contributed by atoms with E-state index < -0.39 is 14.7 Å². The summed E-state index contributed by atoms with van der Waals surface area (Å²) in [5.41, 5.74) is 0. The van der Waals surface area contributed by atoms with Crippen molar-refractivity contribution in [1.29, 1.82) is 0 Å². The normalized spacial score (nSPS) is 10.5. The van der Waals surface area contributed by atoms with Gasteiger partial charge < -0.3 is 0 Å². The Labute approximate surface area is 100 Å². The summed E-state index contributed by atoms with van der Waals surface area (Å²) in [4.78, 5) is 0. The molecule has 0 aliphatic heterocycles. The van der Waals surface area contributed by atoms with Crippen molar-refractivity contribution >= 4 is 35.0 Å². The summed E-state index contributed by atoms with van der Waals surface area (Å²) in [5, 5.41) is 0. The van der Waals surface area contributed by atoms with Crippen LogP contribution in [0.2, 0.25) is 0 Å². The van der Waals surface area contributed by atoms with Crippen LogP contribution in [0.4, 0.5) is 0 Å². The minimum absolute atomic E-state index is 0.765. The van der Waals surface area contributed by atoms with Crippen molar-refractivity contribution in [1.82, 2.24) is 0 Å². The van der Waals surface area contributed by atoms with Crippen LogP contribution in [0.1, 0.15) is 0 Å². The molecule has 0 bridgehead atoms. The predicted molar refractivity (Wildman–Crippen MR) is 68.6 cm³/mol. The Kier molecular flexibility index (Phi) is 3.88. The van der Waals surface area contributed by atoms with Gasteiger partial charge in [0.25, 0.3) is 0 Å². The van der Waals surface area contributed by atoms with Crippen LogP contribution < -0.4 is 8.70 Å². The van der Waals surface area contributed by atoms with Gasteiger partial charge in [-0.1, -0.05) is 0 Å². The minimum atomic E-state index is -1.24. The SMILES string of the molecule is ClC[As](c1ccccc1)c1ccccc1. The van der Waals surface area contributed by atoms with E-state index in [1.807, 2.05) is 0 Å². The van der Waals surface area contributed by atoms with Gasteiger partial charge in [0.1, 0.15) is 0 Å². The van der Waals surface area contributed by atoms with E-state index in [1.54, 1.807) is 0 Å². The van der Waals surface area contributed by atoms with Gasteiger partial charge in [0.05, 0.1) is 0 Å². The van der Waals surface area contributed by atoms with E-state index in [-0.39, 0.29) is 0 Å². The molecule has 0 aliphatic rings. The maximum atomic E-state index is 6.10. The maximum absolute atomic E-state index is 6.10. The van der Waals surface area contributed by atoms with Crippen molar-refractivity contribution in [3.8, 4) is 0 Å².